The molecule has 40 heavy (non-hydrogen) atoms. The molecule has 10 nitrogen and oxygen atoms in total. The van der Waals surface area contributed by atoms with E-state index in [2.05, 4.69) is 10.6 Å². The Bertz CT molecular complexity index is 1020. The number of Topliss-reactive ketones (excluding diaryl/α,β-unsaturated/α-hetero) is 1. The maximum absolute atomic E-state index is 14.0. The van der Waals surface area contributed by atoms with Gasteiger partial charge >= 0.3 is 12.3 Å². The van der Waals surface area contributed by atoms with Gasteiger partial charge in [-0.25, -0.2) is 4.79 Å². The van der Waals surface area contributed by atoms with Gasteiger partial charge in [-0.05, 0) is 56.8 Å². The number of likely N-dealkylation sites (tertiary alicyclic amines) is 1. The second-order valence-corrected chi connectivity index (χ2v) is 12.7. The Morgan fingerprint density at radius 3 is 2.12 bits per heavy atom. The molecule has 0 bridgehead atoms. The molecule has 0 spiro atoms. The maximum Gasteiger partial charge on any atom is 0.408 e. The van der Waals surface area contributed by atoms with Gasteiger partial charge in [-0.1, -0.05) is 33.1 Å². The first-order valence-corrected chi connectivity index (χ1v) is 13.8. The zero-order valence-corrected chi connectivity index (χ0v) is 23.9. The summed E-state index contributed by atoms with van der Waals surface area (Å²) in [6.45, 7) is 9.07. The van der Waals surface area contributed by atoms with Crippen molar-refractivity contribution in [2.75, 3.05) is 13.6 Å². The van der Waals surface area contributed by atoms with E-state index in [0.717, 1.165) is 26.3 Å². The molecule has 0 radical (unpaired) electrons. The van der Waals surface area contributed by atoms with Crippen molar-refractivity contribution in [3.63, 3.8) is 0 Å². The highest BCUT2D eigenvalue weighted by atomic mass is 19.4. The summed E-state index contributed by atoms with van der Waals surface area (Å²) in [6, 6.07) is -4.28. The maximum atomic E-state index is 14.0. The summed E-state index contributed by atoms with van der Waals surface area (Å²) in [7, 11) is 1.10. The van der Waals surface area contributed by atoms with Crippen molar-refractivity contribution in [3.05, 3.63) is 0 Å². The van der Waals surface area contributed by atoms with Gasteiger partial charge in [0.05, 0.1) is 6.42 Å². The molecule has 1 heterocycles. The van der Waals surface area contributed by atoms with Crippen LogP contribution in [0.3, 0.4) is 0 Å². The van der Waals surface area contributed by atoms with E-state index in [1.54, 1.807) is 20.8 Å². The zero-order valence-electron chi connectivity index (χ0n) is 23.9. The van der Waals surface area contributed by atoms with Gasteiger partial charge in [0.25, 0.3) is 5.91 Å². The largest absolute Gasteiger partial charge is 0.444 e. The second-order valence-electron chi connectivity index (χ2n) is 12.7. The quantitative estimate of drug-likeness (QED) is 0.382. The fraction of sp³-hybridized carbons (Fsp3) is 0.815. The number of nitrogens with zero attached hydrogens (tertiary/aromatic N) is 1. The number of piperidine rings is 1. The molecular weight excluding hydrogens is 533 g/mol. The minimum absolute atomic E-state index is 0.0866. The van der Waals surface area contributed by atoms with E-state index in [1.165, 1.54) is 4.90 Å². The fourth-order valence-corrected chi connectivity index (χ4v) is 6.25. The number of likely N-dealkylation sites (N-methyl/N-ethyl adjacent to an activating group) is 1. The molecule has 3 N–H and O–H groups in total. The molecule has 3 fully saturated rings. The number of rotatable bonds is 8. The van der Waals surface area contributed by atoms with Gasteiger partial charge in [0.15, 0.2) is 0 Å². The third-order valence-electron chi connectivity index (χ3n) is 8.34. The van der Waals surface area contributed by atoms with Crippen LogP contribution in [0.15, 0.2) is 0 Å². The molecule has 4 amide bonds. The number of halogens is 3. The normalized spacial score (nSPS) is 25.7. The van der Waals surface area contributed by atoms with Crippen molar-refractivity contribution in [1.29, 1.82) is 0 Å². The number of carbonyl (C=O) groups is 5. The number of ketones is 1. The lowest BCUT2D eigenvalue weighted by atomic mass is 9.83. The van der Waals surface area contributed by atoms with Crippen molar-refractivity contribution < 1.29 is 41.9 Å². The standard InChI is InChI=1S/C27H41F3N4O6/c1-25(2,3)40-24(39)33-18(14-10-8-7-9-11-14)23(38)34-13-15-17(26(15,4)5)19(34)21(36)32-16(12-27(28,29)30)20(35)22(37)31-6/h14-19H,7-13H2,1-6H3,(H,31,37)(H,32,36)(H,33,39). The van der Waals surface area contributed by atoms with Gasteiger partial charge in [-0.15, -0.1) is 0 Å². The van der Waals surface area contributed by atoms with Gasteiger partial charge in [0, 0.05) is 13.6 Å². The van der Waals surface area contributed by atoms with Crippen LogP contribution in [0.4, 0.5) is 18.0 Å². The topological polar surface area (TPSA) is 134 Å². The lowest BCUT2D eigenvalue weighted by Gasteiger charge is -2.37. The lowest BCUT2D eigenvalue weighted by molar-refractivity contribution is -0.155. The average molecular weight is 575 g/mol. The Hall–Kier alpha value is -2.86. The number of hydrogen-bond acceptors (Lipinski definition) is 6. The lowest BCUT2D eigenvalue weighted by Crippen LogP contribution is -2.60. The number of amides is 4. The fourth-order valence-electron chi connectivity index (χ4n) is 6.25. The van der Waals surface area contributed by atoms with Gasteiger partial charge < -0.3 is 25.6 Å². The van der Waals surface area contributed by atoms with Gasteiger partial charge in [0.1, 0.15) is 23.7 Å². The molecule has 0 aromatic heterocycles. The van der Waals surface area contributed by atoms with E-state index in [-0.39, 0.29) is 29.7 Å². The van der Waals surface area contributed by atoms with Crippen molar-refractivity contribution in [2.24, 2.45) is 23.2 Å². The van der Waals surface area contributed by atoms with Crippen LogP contribution >= 0.6 is 0 Å². The average Bonchev–Trinajstić information content (AvgIpc) is 3.16. The summed E-state index contributed by atoms with van der Waals surface area (Å²) in [6.07, 6.45) is -3.24. The van der Waals surface area contributed by atoms with Crippen molar-refractivity contribution >= 4 is 29.6 Å². The molecule has 0 aromatic rings. The first-order valence-electron chi connectivity index (χ1n) is 13.8. The number of hydrogen-bond donors (Lipinski definition) is 3. The van der Waals surface area contributed by atoms with E-state index in [9.17, 15) is 37.1 Å². The molecule has 5 atom stereocenters. The van der Waals surface area contributed by atoms with E-state index >= 15 is 0 Å². The molecule has 5 unspecified atom stereocenters. The summed E-state index contributed by atoms with van der Waals surface area (Å²) in [4.78, 5) is 65.8. The summed E-state index contributed by atoms with van der Waals surface area (Å²) in [5, 5.41) is 6.82. The first-order chi connectivity index (χ1) is 18.4. The Kier molecular flexibility index (Phi) is 9.15. The van der Waals surface area contributed by atoms with Crippen LogP contribution in [0.5, 0.6) is 0 Å². The van der Waals surface area contributed by atoms with Crippen LogP contribution in [0, 0.1) is 23.2 Å². The van der Waals surface area contributed by atoms with Crippen molar-refractivity contribution in [1.82, 2.24) is 20.9 Å². The molecule has 3 aliphatic rings. The number of carbonyl (C=O) groups excluding carboxylic acids is 5. The Balaban J connectivity index is 1.88. The van der Waals surface area contributed by atoms with Gasteiger partial charge in [0.2, 0.25) is 17.6 Å². The molecule has 13 heteroatoms. The third kappa shape index (κ3) is 7.25. The Labute approximate surface area is 232 Å². The minimum Gasteiger partial charge on any atom is -0.444 e. The van der Waals surface area contributed by atoms with Crippen LogP contribution in [-0.4, -0.2) is 78.0 Å². The summed E-state index contributed by atoms with van der Waals surface area (Å²) < 4.78 is 45.2. The molecule has 1 aliphatic heterocycles. The SMILES string of the molecule is CNC(=O)C(=O)C(CC(F)(F)F)NC(=O)C1C2C(CN1C(=O)C(NC(=O)OC(C)(C)C)C1CCCCC1)C2(C)C. The molecule has 0 aromatic carbocycles. The van der Waals surface area contributed by atoms with E-state index in [1.807, 2.05) is 19.2 Å². The smallest absolute Gasteiger partial charge is 0.408 e. The Morgan fingerprint density at radius 2 is 1.60 bits per heavy atom. The third-order valence-corrected chi connectivity index (χ3v) is 8.34. The number of fused-ring (bicyclic) bond motifs is 1. The monoisotopic (exact) mass is 574 g/mol. The molecule has 2 saturated carbocycles. The molecule has 1 saturated heterocycles. The van der Waals surface area contributed by atoms with Crippen molar-refractivity contribution in [3.8, 4) is 0 Å². The number of alkyl carbamates (subject to hydrolysis) is 1. The molecule has 2 aliphatic carbocycles. The van der Waals surface area contributed by atoms with Crippen LogP contribution in [0.2, 0.25) is 0 Å². The molecular formula is C27H41F3N4O6. The van der Waals surface area contributed by atoms with E-state index < -0.39 is 65.9 Å². The van der Waals surface area contributed by atoms with Crippen LogP contribution < -0.4 is 16.0 Å². The van der Waals surface area contributed by atoms with Crippen LogP contribution in [-0.2, 0) is 23.9 Å². The Morgan fingerprint density at radius 1 is 1.00 bits per heavy atom. The number of ether oxygens (including phenoxy) is 1. The van der Waals surface area contributed by atoms with Gasteiger partial charge in [-0.3, -0.25) is 19.2 Å². The summed E-state index contributed by atoms with van der Waals surface area (Å²) >= 11 is 0. The first kappa shape index (κ1) is 31.7. The van der Waals surface area contributed by atoms with Gasteiger partial charge in [-0.2, -0.15) is 13.2 Å². The summed E-state index contributed by atoms with van der Waals surface area (Å²) in [5.74, 6) is -4.78. The highest BCUT2D eigenvalue weighted by molar-refractivity contribution is 6.38. The number of nitrogens with one attached hydrogen (secondary N) is 3. The van der Waals surface area contributed by atoms with Crippen molar-refractivity contribution in [2.45, 2.75) is 103 Å². The number of alkyl halides is 3. The molecule has 3 rings (SSSR count). The van der Waals surface area contributed by atoms with Crippen LogP contribution in [0.1, 0.15) is 73.1 Å². The van der Waals surface area contributed by atoms with Crippen LogP contribution in [0.25, 0.3) is 0 Å². The predicted octanol–water partition coefficient (Wildman–Crippen LogP) is 2.70. The second kappa shape index (κ2) is 11.6. The minimum atomic E-state index is -4.84. The highest BCUT2D eigenvalue weighted by Crippen LogP contribution is 2.65. The predicted molar refractivity (Wildman–Crippen MR) is 138 cm³/mol. The highest BCUT2D eigenvalue weighted by Gasteiger charge is 2.70. The summed E-state index contributed by atoms with van der Waals surface area (Å²) in [5.41, 5.74) is -1.17. The van der Waals surface area contributed by atoms with E-state index in [4.69, 9.17) is 4.74 Å². The molecule has 226 valence electrons. The van der Waals surface area contributed by atoms with E-state index in [0.29, 0.717) is 12.8 Å². The zero-order chi connectivity index (χ0) is 30.2.